The first-order chi connectivity index (χ1) is 26.8. The third-order valence-electron chi connectivity index (χ3n) is 12.1. The van der Waals surface area contributed by atoms with Crippen molar-refractivity contribution in [2.75, 3.05) is 4.90 Å². The summed E-state index contributed by atoms with van der Waals surface area (Å²) in [6.07, 6.45) is 0. The molecule has 0 N–H and O–H groups in total. The molecule has 0 saturated carbocycles. The Morgan fingerprint density at radius 3 is 1.91 bits per heavy atom. The van der Waals surface area contributed by atoms with E-state index in [2.05, 4.69) is 200 Å². The Morgan fingerprint density at radius 1 is 0.482 bits per heavy atom. The van der Waals surface area contributed by atoms with Crippen molar-refractivity contribution in [3.63, 3.8) is 0 Å². The minimum atomic E-state index is -0.153. The van der Waals surface area contributed by atoms with Crippen LogP contribution in [-0.2, 0) is 16.2 Å². The maximum atomic E-state index is 6.79. The summed E-state index contributed by atoms with van der Waals surface area (Å²) in [5, 5.41) is 4.47. The molecule has 2 heterocycles. The fourth-order valence-electron chi connectivity index (χ4n) is 9.15. The second kappa shape index (κ2) is 12.0. The van der Waals surface area contributed by atoms with Crippen molar-refractivity contribution in [3.8, 4) is 22.3 Å². The van der Waals surface area contributed by atoms with Gasteiger partial charge in [0.05, 0.1) is 11.1 Å². The summed E-state index contributed by atoms with van der Waals surface area (Å²) in [6, 6.07) is 50.9. The zero-order valence-corrected chi connectivity index (χ0v) is 33.5. The molecule has 3 nitrogen and oxygen atoms in total. The van der Waals surface area contributed by atoms with E-state index < -0.39 is 0 Å². The molecule has 1 aliphatic rings. The first-order valence-corrected chi connectivity index (χ1v) is 19.8. The predicted molar refractivity (Wildman–Crippen MR) is 236 cm³/mol. The molecule has 0 radical (unpaired) electrons. The van der Waals surface area contributed by atoms with E-state index in [-0.39, 0.29) is 16.2 Å². The molecule has 0 bridgehead atoms. The topological polar surface area (TPSA) is 29.5 Å². The molecule has 0 amide bonds. The lowest BCUT2D eigenvalue weighted by molar-refractivity contribution is 0.559. The van der Waals surface area contributed by atoms with E-state index in [1.165, 1.54) is 33.4 Å². The van der Waals surface area contributed by atoms with Crippen molar-refractivity contribution >= 4 is 60.9 Å². The van der Waals surface area contributed by atoms with Gasteiger partial charge in [-0.05, 0) is 104 Å². The van der Waals surface area contributed by atoms with Gasteiger partial charge in [-0.3, -0.25) is 0 Å². The molecule has 2 aromatic heterocycles. The number of nitrogens with zero attached hydrogens (tertiary/aromatic N) is 1. The summed E-state index contributed by atoms with van der Waals surface area (Å²) in [4.78, 5) is 2.44. The summed E-state index contributed by atoms with van der Waals surface area (Å²) in [5.74, 6) is 0. The number of hydrogen-bond acceptors (Lipinski definition) is 3. The Balaban J connectivity index is 1.28. The number of rotatable bonds is 4. The Hall–Kier alpha value is -6.06. The number of fused-ring (bicyclic) bond motifs is 9. The standard InChI is InChI=1S/C53H47NO2/c1-51(2,3)33-28-40-39-30-34(25-27-45(39)56-50(40)43(29-33)52(4,5)6)54(35-24-26-38-37-18-12-13-20-41(37)53(7,8)42(38)31-35)44-21-15-23-47-49(44)48-36(19-14-22-46(48)55-47)32-16-10-9-11-17-32/h9-31H,1-8H3. The zero-order valence-electron chi connectivity index (χ0n) is 33.5. The van der Waals surface area contributed by atoms with Gasteiger partial charge in [-0.25, -0.2) is 0 Å². The Bertz CT molecular complexity index is 3020. The third-order valence-corrected chi connectivity index (χ3v) is 12.1. The molecule has 56 heavy (non-hydrogen) atoms. The van der Waals surface area contributed by atoms with E-state index in [1.54, 1.807) is 0 Å². The Kier molecular flexibility index (Phi) is 7.36. The summed E-state index contributed by atoms with van der Waals surface area (Å²) in [7, 11) is 0. The summed E-state index contributed by atoms with van der Waals surface area (Å²) >= 11 is 0. The normalized spacial score (nSPS) is 13.9. The van der Waals surface area contributed by atoms with Crippen molar-refractivity contribution in [1.82, 2.24) is 0 Å². The molecule has 0 unspecified atom stereocenters. The maximum Gasteiger partial charge on any atom is 0.139 e. The zero-order chi connectivity index (χ0) is 38.7. The van der Waals surface area contributed by atoms with Gasteiger partial charge in [-0.2, -0.15) is 0 Å². The second-order valence-corrected chi connectivity index (χ2v) is 18.2. The Labute approximate surface area is 329 Å². The van der Waals surface area contributed by atoms with Gasteiger partial charge in [0.1, 0.15) is 22.3 Å². The molecule has 0 saturated heterocycles. The van der Waals surface area contributed by atoms with Crippen LogP contribution in [0.4, 0.5) is 17.1 Å². The van der Waals surface area contributed by atoms with Crippen LogP contribution in [0.25, 0.3) is 66.1 Å². The van der Waals surface area contributed by atoms with Crippen LogP contribution in [0.2, 0.25) is 0 Å². The van der Waals surface area contributed by atoms with Gasteiger partial charge < -0.3 is 13.7 Å². The molecule has 0 aliphatic heterocycles. The molecule has 9 aromatic rings. The van der Waals surface area contributed by atoms with Crippen LogP contribution in [0, 0.1) is 0 Å². The smallest absolute Gasteiger partial charge is 0.139 e. The van der Waals surface area contributed by atoms with Crippen LogP contribution in [0.5, 0.6) is 0 Å². The van der Waals surface area contributed by atoms with Gasteiger partial charge >= 0.3 is 0 Å². The predicted octanol–water partition coefficient (Wildman–Crippen LogP) is 15.5. The van der Waals surface area contributed by atoms with Crippen LogP contribution in [0.1, 0.15) is 77.6 Å². The SMILES string of the molecule is CC(C)(C)c1cc(C(C)(C)C)c2oc3ccc(N(c4ccc5c(c4)C(C)(C)c4ccccc4-5)c4cccc5oc6cccc(-c7ccccc7)c6c45)cc3c2c1. The first-order valence-electron chi connectivity index (χ1n) is 19.8. The highest BCUT2D eigenvalue weighted by Crippen LogP contribution is 2.52. The largest absolute Gasteiger partial charge is 0.456 e. The number of furan rings is 2. The average Bonchev–Trinajstić information content (AvgIpc) is 3.82. The molecule has 0 fully saturated rings. The van der Waals surface area contributed by atoms with Gasteiger partial charge in [-0.15, -0.1) is 0 Å². The van der Waals surface area contributed by atoms with Crippen LogP contribution in [0.15, 0.2) is 148 Å². The minimum Gasteiger partial charge on any atom is -0.456 e. The average molecular weight is 730 g/mol. The van der Waals surface area contributed by atoms with Crippen LogP contribution in [0.3, 0.4) is 0 Å². The summed E-state index contributed by atoms with van der Waals surface area (Å²) in [5.41, 5.74) is 16.7. The van der Waals surface area contributed by atoms with E-state index in [9.17, 15) is 0 Å². The second-order valence-electron chi connectivity index (χ2n) is 18.2. The monoisotopic (exact) mass is 729 g/mol. The van der Waals surface area contributed by atoms with Gasteiger partial charge in [0.25, 0.3) is 0 Å². The molecule has 0 atom stereocenters. The number of benzene rings is 7. The molecule has 276 valence electrons. The summed E-state index contributed by atoms with van der Waals surface area (Å²) < 4.78 is 13.5. The van der Waals surface area contributed by atoms with E-state index >= 15 is 0 Å². The minimum absolute atomic E-state index is 0.0231. The lowest BCUT2D eigenvalue weighted by Crippen LogP contribution is -2.16. The lowest BCUT2D eigenvalue weighted by Gasteiger charge is -2.29. The fourth-order valence-corrected chi connectivity index (χ4v) is 9.15. The van der Waals surface area contributed by atoms with Crippen LogP contribution < -0.4 is 4.90 Å². The fraction of sp³-hybridized carbons (Fsp3) is 0.208. The molecule has 10 rings (SSSR count). The molecule has 1 aliphatic carbocycles. The maximum absolute atomic E-state index is 6.79. The highest BCUT2D eigenvalue weighted by Gasteiger charge is 2.36. The van der Waals surface area contributed by atoms with Gasteiger partial charge in [-0.1, -0.05) is 140 Å². The first kappa shape index (κ1) is 34.4. The van der Waals surface area contributed by atoms with Crippen LogP contribution >= 0.6 is 0 Å². The van der Waals surface area contributed by atoms with E-state index in [1.807, 2.05) is 0 Å². The quantitative estimate of drug-likeness (QED) is 0.181. The number of anilines is 3. The van der Waals surface area contributed by atoms with Crippen molar-refractivity contribution in [1.29, 1.82) is 0 Å². The van der Waals surface area contributed by atoms with Gasteiger partial charge in [0.15, 0.2) is 0 Å². The van der Waals surface area contributed by atoms with E-state index in [4.69, 9.17) is 8.83 Å². The van der Waals surface area contributed by atoms with Gasteiger partial charge in [0.2, 0.25) is 0 Å². The molecular formula is C53H47NO2. The van der Waals surface area contributed by atoms with Crippen molar-refractivity contribution in [2.45, 2.75) is 71.6 Å². The van der Waals surface area contributed by atoms with Gasteiger partial charge in [0, 0.05) is 38.5 Å². The lowest BCUT2D eigenvalue weighted by atomic mass is 9.79. The molecule has 0 spiro atoms. The Morgan fingerprint density at radius 2 is 1.14 bits per heavy atom. The molecule has 7 aromatic carbocycles. The van der Waals surface area contributed by atoms with E-state index in [0.717, 1.165) is 72.1 Å². The molecular weight excluding hydrogens is 683 g/mol. The highest BCUT2D eigenvalue weighted by atomic mass is 16.3. The van der Waals surface area contributed by atoms with Crippen LogP contribution in [-0.4, -0.2) is 0 Å². The van der Waals surface area contributed by atoms with Crippen molar-refractivity contribution in [3.05, 3.63) is 162 Å². The number of hydrogen-bond donors (Lipinski definition) is 0. The molecule has 3 heteroatoms. The third kappa shape index (κ3) is 5.17. The van der Waals surface area contributed by atoms with E-state index in [0.29, 0.717) is 0 Å². The summed E-state index contributed by atoms with van der Waals surface area (Å²) in [6.45, 7) is 18.4. The highest BCUT2D eigenvalue weighted by molar-refractivity contribution is 6.19. The van der Waals surface area contributed by atoms with Crippen molar-refractivity contribution in [2.24, 2.45) is 0 Å². The van der Waals surface area contributed by atoms with Crippen molar-refractivity contribution < 1.29 is 8.83 Å².